The molecule has 0 bridgehead atoms. The molecule has 1 aromatic heterocycles. The van der Waals surface area contributed by atoms with Gasteiger partial charge < -0.3 is 9.52 Å². The Bertz CT molecular complexity index is 316. The highest BCUT2D eigenvalue weighted by molar-refractivity contribution is 5.02. The van der Waals surface area contributed by atoms with E-state index in [4.69, 9.17) is 4.42 Å². The van der Waals surface area contributed by atoms with Gasteiger partial charge in [0.1, 0.15) is 11.9 Å². The Morgan fingerprint density at radius 1 is 1.47 bits per heavy atom. The van der Waals surface area contributed by atoms with Gasteiger partial charge >= 0.3 is 0 Å². The quantitative estimate of drug-likeness (QED) is 0.843. The second-order valence-corrected chi connectivity index (χ2v) is 4.93. The molecule has 3 unspecified atom stereocenters. The highest BCUT2D eigenvalue weighted by Gasteiger charge is 2.25. The number of furan rings is 1. The van der Waals surface area contributed by atoms with Gasteiger partial charge in [-0.15, -0.1) is 0 Å². The van der Waals surface area contributed by atoms with Crippen LogP contribution in [0.15, 0.2) is 22.8 Å². The van der Waals surface area contributed by atoms with Gasteiger partial charge in [0, 0.05) is 18.6 Å². The van der Waals surface area contributed by atoms with Crippen LogP contribution in [0.1, 0.15) is 45.0 Å². The first-order chi connectivity index (χ1) is 8.18. The van der Waals surface area contributed by atoms with Gasteiger partial charge in [-0.3, -0.25) is 5.43 Å². The maximum absolute atomic E-state index is 9.93. The molecule has 0 spiro atoms. The zero-order chi connectivity index (χ0) is 12.3. The third-order valence-corrected chi connectivity index (χ3v) is 3.53. The molecule has 4 nitrogen and oxygen atoms in total. The van der Waals surface area contributed by atoms with Gasteiger partial charge in [-0.25, -0.2) is 5.01 Å². The normalized spacial score (nSPS) is 28.2. The van der Waals surface area contributed by atoms with E-state index in [2.05, 4.69) is 24.3 Å². The molecule has 17 heavy (non-hydrogen) atoms. The first-order valence-corrected chi connectivity index (χ1v) is 6.42. The molecule has 2 heterocycles. The van der Waals surface area contributed by atoms with E-state index >= 15 is 0 Å². The van der Waals surface area contributed by atoms with Gasteiger partial charge in [0.15, 0.2) is 0 Å². The van der Waals surface area contributed by atoms with Crippen molar-refractivity contribution in [3.63, 3.8) is 0 Å². The molecule has 3 atom stereocenters. The summed E-state index contributed by atoms with van der Waals surface area (Å²) < 4.78 is 5.18. The number of aliphatic hydroxyl groups is 1. The smallest absolute Gasteiger partial charge is 0.133 e. The van der Waals surface area contributed by atoms with E-state index in [0.717, 1.165) is 0 Å². The van der Waals surface area contributed by atoms with Crippen LogP contribution in [0.2, 0.25) is 0 Å². The van der Waals surface area contributed by atoms with Crippen molar-refractivity contribution in [2.75, 3.05) is 6.54 Å². The largest absolute Gasteiger partial charge is 0.467 e. The summed E-state index contributed by atoms with van der Waals surface area (Å²) in [7, 11) is 0. The van der Waals surface area contributed by atoms with Crippen LogP contribution in [0.25, 0.3) is 0 Å². The summed E-state index contributed by atoms with van der Waals surface area (Å²) in [4.78, 5) is 0. The number of hydrogen-bond acceptors (Lipinski definition) is 4. The second-order valence-electron chi connectivity index (χ2n) is 4.93. The first-order valence-electron chi connectivity index (χ1n) is 6.42. The van der Waals surface area contributed by atoms with Gasteiger partial charge in [-0.05, 0) is 38.8 Å². The average Bonchev–Trinajstić information content (AvgIpc) is 2.81. The highest BCUT2D eigenvalue weighted by Crippen LogP contribution is 2.21. The summed E-state index contributed by atoms with van der Waals surface area (Å²) in [5, 5.41) is 12.2. The number of aliphatic hydroxyl groups excluding tert-OH is 1. The first kappa shape index (κ1) is 12.6. The molecule has 1 aromatic rings. The Labute approximate surface area is 103 Å². The van der Waals surface area contributed by atoms with E-state index in [1.807, 2.05) is 0 Å². The third-order valence-electron chi connectivity index (χ3n) is 3.53. The van der Waals surface area contributed by atoms with E-state index in [1.165, 1.54) is 19.3 Å². The summed E-state index contributed by atoms with van der Waals surface area (Å²) in [6, 6.07) is 4.66. The molecule has 2 N–H and O–H groups in total. The summed E-state index contributed by atoms with van der Waals surface area (Å²) in [6.07, 6.45) is 4.74. The molecular weight excluding hydrogens is 216 g/mol. The van der Waals surface area contributed by atoms with Crippen molar-refractivity contribution >= 4 is 0 Å². The van der Waals surface area contributed by atoms with Crippen LogP contribution < -0.4 is 5.43 Å². The minimum atomic E-state index is -0.577. The van der Waals surface area contributed by atoms with Crippen LogP contribution in [-0.4, -0.2) is 28.7 Å². The Kier molecular flexibility index (Phi) is 4.20. The van der Waals surface area contributed by atoms with Crippen molar-refractivity contribution in [1.29, 1.82) is 0 Å². The van der Waals surface area contributed by atoms with E-state index in [0.29, 0.717) is 24.4 Å². The fraction of sp³-hybridized carbons (Fsp3) is 0.692. The number of piperidine rings is 1. The summed E-state index contributed by atoms with van der Waals surface area (Å²) in [6.45, 7) is 4.95. The van der Waals surface area contributed by atoms with E-state index in [1.54, 1.807) is 18.4 Å². The van der Waals surface area contributed by atoms with Crippen molar-refractivity contribution in [3.05, 3.63) is 24.2 Å². The highest BCUT2D eigenvalue weighted by atomic mass is 16.4. The molecule has 1 saturated heterocycles. The van der Waals surface area contributed by atoms with Gasteiger partial charge in [0.2, 0.25) is 0 Å². The lowest BCUT2D eigenvalue weighted by Crippen LogP contribution is -2.52. The molecule has 4 heteroatoms. The second kappa shape index (κ2) is 5.67. The minimum absolute atomic E-state index is 0.502. The predicted octanol–water partition coefficient (Wildman–Crippen LogP) is 2.08. The van der Waals surface area contributed by atoms with Gasteiger partial charge in [-0.1, -0.05) is 6.42 Å². The molecule has 0 aromatic carbocycles. The lowest BCUT2D eigenvalue weighted by atomic mass is 10.00. The number of nitrogens with zero attached hydrogens (tertiary/aromatic N) is 1. The van der Waals surface area contributed by atoms with Crippen molar-refractivity contribution in [3.8, 4) is 0 Å². The lowest BCUT2D eigenvalue weighted by Gasteiger charge is -2.39. The summed E-state index contributed by atoms with van der Waals surface area (Å²) in [5.74, 6) is 0.620. The summed E-state index contributed by atoms with van der Waals surface area (Å²) in [5.41, 5.74) is 3.33. The number of hydrazine groups is 1. The summed E-state index contributed by atoms with van der Waals surface area (Å²) >= 11 is 0. The average molecular weight is 238 g/mol. The topological polar surface area (TPSA) is 48.6 Å². The Hall–Kier alpha value is -0.840. The van der Waals surface area contributed by atoms with Crippen molar-refractivity contribution < 1.29 is 9.52 Å². The maximum Gasteiger partial charge on any atom is 0.133 e. The molecular formula is C13H22N2O2. The molecule has 96 valence electrons. The van der Waals surface area contributed by atoms with Gasteiger partial charge in [0.05, 0.1) is 6.26 Å². The lowest BCUT2D eigenvalue weighted by molar-refractivity contribution is 0.0224. The zero-order valence-corrected chi connectivity index (χ0v) is 10.6. The van der Waals surface area contributed by atoms with Gasteiger partial charge in [-0.2, -0.15) is 0 Å². The van der Waals surface area contributed by atoms with Crippen LogP contribution >= 0.6 is 0 Å². The van der Waals surface area contributed by atoms with Crippen LogP contribution in [0, 0.1) is 0 Å². The number of hydrogen-bond donors (Lipinski definition) is 2. The van der Waals surface area contributed by atoms with E-state index < -0.39 is 6.10 Å². The Balaban J connectivity index is 1.84. The molecule has 0 amide bonds. The van der Waals surface area contributed by atoms with Crippen LogP contribution in [0.5, 0.6) is 0 Å². The van der Waals surface area contributed by atoms with Crippen molar-refractivity contribution in [2.24, 2.45) is 0 Å². The zero-order valence-electron chi connectivity index (χ0n) is 10.6. The standard InChI is InChI=1S/C13H22N2O2/c1-10-5-3-6-11(2)15(10)14-9-12(16)13-7-4-8-17-13/h4,7-8,10-12,14,16H,3,5-6,9H2,1-2H3. The molecule has 0 saturated carbocycles. The molecule has 1 aliphatic heterocycles. The predicted molar refractivity (Wildman–Crippen MR) is 66.3 cm³/mol. The monoisotopic (exact) mass is 238 g/mol. The van der Waals surface area contributed by atoms with Crippen LogP contribution in [0.4, 0.5) is 0 Å². The minimum Gasteiger partial charge on any atom is -0.467 e. The molecule has 2 rings (SSSR count). The Morgan fingerprint density at radius 3 is 2.76 bits per heavy atom. The maximum atomic E-state index is 9.93. The molecule has 0 radical (unpaired) electrons. The number of rotatable bonds is 4. The fourth-order valence-electron chi connectivity index (χ4n) is 2.51. The molecule has 1 aliphatic rings. The van der Waals surface area contributed by atoms with Crippen LogP contribution in [-0.2, 0) is 0 Å². The SMILES string of the molecule is CC1CCCC(C)N1NCC(O)c1ccco1. The fourth-order valence-corrected chi connectivity index (χ4v) is 2.51. The van der Waals surface area contributed by atoms with Crippen molar-refractivity contribution in [1.82, 2.24) is 10.4 Å². The Morgan fingerprint density at radius 2 is 2.18 bits per heavy atom. The van der Waals surface area contributed by atoms with E-state index in [-0.39, 0.29) is 0 Å². The molecule has 1 fully saturated rings. The number of nitrogens with one attached hydrogen (secondary N) is 1. The molecule has 0 aliphatic carbocycles. The van der Waals surface area contributed by atoms with Gasteiger partial charge in [0.25, 0.3) is 0 Å². The van der Waals surface area contributed by atoms with Crippen molar-refractivity contribution in [2.45, 2.75) is 51.3 Å². The third kappa shape index (κ3) is 3.09. The van der Waals surface area contributed by atoms with Crippen LogP contribution in [0.3, 0.4) is 0 Å². The van der Waals surface area contributed by atoms with E-state index in [9.17, 15) is 5.11 Å².